The highest BCUT2D eigenvalue weighted by atomic mass is 16.5. The minimum Gasteiger partial charge on any atom is -0.494 e. The maximum absolute atomic E-state index is 11.4. The number of nitrogens with two attached hydrogens (primary N) is 1. The second-order valence-electron chi connectivity index (χ2n) is 4.67. The van der Waals surface area contributed by atoms with Crippen LogP contribution in [-0.2, 0) is 9.53 Å². The van der Waals surface area contributed by atoms with E-state index in [0.717, 1.165) is 17.7 Å². The van der Waals surface area contributed by atoms with Gasteiger partial charge < -0.3 is 15.2 Å². The van der Waals surface area contributed by atoms with Crippen LogP contribution < -0.4 is 10.5 Å². The van der Waals surface area contributed by atoms with E-state index >= 15 is 0 Å². The van der Waals surface area contributed by atoms with Gasteiger partial charge in [0.2, 0.25) is 0 Å². The average molecular weight is 265 g/mol. The van der Waals surface area contributed by atoms with Crippen LogP contribution in [0.5, 0.6) is 5.75 Å². The number of esters is 1. The van der Waals surface area contributed by atoms with Crippen molar-refractivity contribution in [2.75, 3.05) is 13.7 Å². The van der Waals surface area contributed by atoms with Crippen molar-refractivity contribution < 1.29 is 14.3 Å². The Morgan fingerprint density at radius 3 is 2.74 bits per heavy atom. The van der Waals surface area contributed by atoms with Crippen LogP contribution >= 0.6 is 0 Å². The van der Waals surface area contributed by atoms with Gasteiger partial charge in [0.25, 0.3) is 0 Å². The van der Waals surface area contributed by atoms with Gasteiger partial charge in [-0.1, -0.05) is 19.1 Å². The van der Waals surface area contributed by atoms with E-state index in [4.69, 9.17) is 15.2 Å². The summed E-state index contributed by atoms with van der Waals surface area (Å²) >= 11 is 0. The van der Waals surface area contributed by atoms with Crippen molar-refractivity contribution in [1.82, 2.24) is 0 Å². The van der Waals surface area contributed by atoms with E-state index < -0.39 is 0 Å². The Kier molecular flexibility index (Phi) is 6.36. The number of rotatable bonds is 7. The van der Waals surface area contributed by atoms with Crippen LogP contribution in [0.1, 0.15) is 38.2 Å². The van der Waals surface area contributed by atoms with Crippen LogP contribution in [0.25, 0.3) is 0 Å². The fourth-order valence-electron chi connectivity index (χ4n) is 1.93. The number of methoxy groups -OCH3 is 1. The quantitative estimate of drug-likeness (QED) is 0.769. The Balaban J connectivity index is 2.86. The van der Waals surface area contributed by atoms with Crippen LogP contribution in [0.15, 0.2) is 24.3 Å². The van der Waals surface area contributed by atoms with E-state index in [0.29, 0.717) is 6.61 Å². The van der Waals surface area contributed by atoms with Crippen molar-refractivity contribution in [3.05, 3.63) is 29.8 Å². The first-order valence-corrected chi connectivity index (χ1v) is 6.63. The number of ether oxygens (including phenoxy) is 2. The summed E-state index contributed by atoms with van der Waals surface area (Å²) in [6, 6.07) is 7.63. The summed E-state index contributed by atoms with van der Waals surface area (Å²) in [5, 5.41) is 0. The van der Waals surface area contributed by atoms with Crippen molar-refractivity contribution in [2.45, 2.75) is 38.6 Å². The highest BCUT2D eigenvalue weighted by Gasteiger charge is 2.20. The molecule has 2 unspecified atom stereocenters. The summed E-state index contributed by atoms with van der Waals surface area (Å²) in [5.74, 6) is 0.509. The normalized spacial score (nSPS) is 13.7. The fourth-order valence-corrected chi connectivity index (χ4v) is 1.93. The van der Waals surface area contributed by atoms with E-state index in [1.807, 2.05) is 31.2 Å². The number of carbonyl (C=O) groups is 1. The molecule has 4 nitrogen and oxygen atoms in total. The summed E-state index contributed by atoms with van der Waals surface area (Å²) in [4.78, 5) is 11.4. The molecule has 2 atom stereocenters. The van der Waals surface area contributed by atoms with Gasteiger partial charge in [0.1, 0.15) is 5.75 Å². The monoisotopic (exact) mass is 265 g/mol. The first-order valence-electron chi connectivity index (χ1n) is 6.63. The lowest BCUT2D eigenvalue weighted by molar-refractivity contribution is -0.141. The molecule has 0 fully saturated rings. The van der Waals surface area contributed by atoms with Gasteiger partial charge in [-0.05, 0) is 31.0 Å². The number of hydrogen-bond acceptors (Lipinski definition) is 4. The molecule has 1 rings (SSSR count). The van der Waals surface area contributed by atoms with Crippen LogP contribution in [0.3, 0.4) is 0 Å². The van der Waals surface area contributed by atoms with Gasteiger partial charge >= 0.3 is 5.97 Å². The smallest absolute Gasteiger partial charge is 0.306 e. The van der Waals surface area contributed by atoms with Gasteiger partial charge in [0.15, 0.2) is 0 Å². The van der Waals surface area contributed by atoms with Crippen molar-refractivity contribution in [3.8, 4) is 5.75 Å². The van der Waals surface area contributed by atoms with Crippen molar-refractivity contribution in [3.63, 3.8) is 0 Å². The van der Waals surface area contributed by atoms with Crippen LogP contribution in [0, 0.1) is 0 Å². The van der Waals surface area contributed by atoms with Crippen LogP contribution in [-0.4, -0.2) is 25.7 Å². The lowest BCUT2D eigenvalue weighted by Crippen LogP contribution is -2.27. The molecule has 0 spiro atoms. The molecule has 106 valence electrons. The molecular weight excluding hydrogens is 242 g/mol. The molecule has 0 aromatic heterocycles. The Morgan fingerprint density at radius 2 is 2.16 bits per heavy atom. The molecule has 0 aliphatic heterocycles. The Bertz CT molecular complexity index is 404. The molecule has 19 heavy (non-hydrogen) atoms. The molecule has 0 saturated carbocycles. The summed E-state index contributed by atoms with van der Waals surface area (Å²) < 4.78 is 10.3. The third-order valence-electron chi connectivity index (χ3n) is 3.01. The molecule has 0 aliphatic rings. The zero-order valence-corrected chi connectivity index (χ0v) is 11.9. The largest absolute Gasteiger partial charge is 0.494 e. The molecule has 0 radical (unpaired) electrons. The van der Waals surface area contributed by atoms with Crippen LogP contribution in [0.4, 0.5) is 0 Å². The Labute approximate surface area is 114 Å². The highest BCUT2D eigenvalue weighted by Crippen LogP contribution is 2.26. The second-order valence-corrected chi connectivity index (χ2v) is 4.67. The van der Waals surface area contributed by atoms with E-state index in [2.05, 4.69) is 6.92 Å². The van der Waals surface area contributed by atoms with Gasteiger partial charge in [-0.15, -0.1) is 0 Å². The average Bonchev–Trinajstić information content (AvgIpc) is 2.42. The predicted octanol–water partition coefficient (Wildman–Crippen LogP) is 2.47. The maximum atomic E-state index is 11.4. The molecule has 0 amide bonds. The van der Waals surface area contributed by atoms with Crippen molar-refractivity contribution >= 4 is 5.97 Å². The molecule has 0 aliphatic carbocycles. The summed E-state index contributed by atoms with van der Waals surface area (Å²) in [5.41, 5.74) is 6.98. The third kappa shape index (κ3) is 4.91. The summed E-state index contributed by atoms with van der Waals surface area (Å²) in [6.45, 7) is 4.64. The van der Waals surface area contributed by atoms with Gasteiger partial charge in [-0.3, -0.25) is 4.79 Å². The first-order chi connectivity index (χ1) is 9.08. The van der Waals surface area contributed by atoms with E-state index in [-0.39, 0.29) is 24.3 Å². The highest BCUT2D eigenvalue weighted by molar-refractivity contribution is 5.70. The molecule has 0 saturated heterocycles. The predicted molar refractivity (Wildman–Crippen MR) is 75.3 cm³/mol. The molecule has 1 aromatic carbocycles. The maximum Gasteiger partial charge on any atom is 0.306 e. The van der Waals surface area contributed by atoms with Crippen molar-refractivity contribution in [2.24, 2.45) is 5.73 Å². The van der Waals surface area contributed by atoms with Gasteiger partial charge in [-0.25, -0.2) is 0 Å². The van der Waals surface area contributed by atoms with Gasteiger partial charge in [-0.2, -0.15) is 0 Å². The van der Waals surface area contributed by atoms with E-state index in [9.17, 15) is 4.79 Å². The molecule has 1 aromatic rings. The van der Waals surface area contributed by atoms with E-state index in [1.165, 1.54) is 7.11 Å². The Morgan fingerprint density at radius 1 is 1.42 bits per heavy atom. The summed E-state index contributed by atoms with van der Waals surface area (Å²) in [7, 11) is 1.39. The third-order valence-corrected chi connectivity index (χ3v) is 3.01. The number of benzene rings is 1. The summed E-state index contributed by atoms with van der Waals surface area (Å²) in [6.07, 6.45) is 1.24. The zero-order chi connectivity index (χ0) is 14.3. The lowest BCUT2D eigenvalue weighted by Gasteiger charge is -2.20. The second kappa shape index (κ2) is 7.79. The number of carbonyl (C=O) groups excluding carboxylic acids is 1. The molecule has 2 N–H and O–H groups in total. The Hall–Kier alpha value is -1.55. The minimum atomic E-state index is -0.248. The van der Waals surface area contributed by atoms with E-state index in [1.54, 1.807) is 0 Å². The molecule has 0 heterocycles. The fraction of sp³-hybridized carbons (Fsp3) is 0.533. The van der Waals surface area contributed by atoms with Gasteiger partial charge in [0.05, 0.1) is 20.1 Å². The SMILES string of the molecule is CCCOc1cccc(C(CC(=O)OC)C(C)N)c1. The standard InChI is InChI=1S/C15H23NO3/c1-4-8-19-13-7-5-6-12(9-13)14(11(2)16)10-15(17)18-3/h5-7,9,11,14H,4,8,10,16H2,1-3H3. The first kappa shape index (κ1) is 15.5. The molecular formula is C15H23NO3. The lowest BCUT2D eigenvalue weighted by atomic mass is 9.90. The molecule has 0 bridgehead atoms. The molecule has 4 heteroatoms. The van der Waals surface area contributed by atoms with Crippen molar-refractivity contribution in [1.29, 1.82) is 0 Å². The van der Waals surface area contributed by atoms with Gasteiger partial charge in [0, 0.05) is 12.0 Å². The minimum absolute atomic E-state index is 0.0578. The zero-order valence-electron chi connectivity index (χ0n) is 11.9. The topological polar surface area (TPSA) is 61.5 Å². The van der Waals surface area contributed by atoms with Crippen LogP contribution in [0.2, 0.25) is 0 Å². The number of hydrogen-bond donors (Lipinski definition) is 1.